The monoisotopic (exact) mass is 577 g/mol. The summed E-state index contributed by atoms with van der Waals surface area (Å²) in [5, 5.41) is 2.27. The predicted molar refractivity (Wildman–Crippen MR) is 187 cm³/mol. The highest BCUT2D eigenvalue weighted by Gasteiger charge is 2.36. The second kappa shape index (κ2) is 9.70. The molecule has 0 saturated heterocycles. The molecule has 1 heterocycles. The molecule has 0 spiro atoms. The van der Waals surface area contributed by atoms with Crippen LogP contribution >= 0.6 is 0 Å². The number of fused-ring (bicyclic) bond motifs is 10. The highest BCUT2D eigenvalue weighted by molar-refractivity contribution is 6.02. The third kappa shape index (κ3) is 3.82. The molecule has 0 radical (unpaired) electrons. The molecular weight excluding hydrogens is 546 g/mol. The van der Waals surface area contributed by atoms with Crippen LogP contribution in [0.25, 0.3) is 44.2 Å². The van der Waals surface area contributed by atoms with E-state index in [2.05, 4.69) is 170 Å². The first-order chi connectivity index (χ1) is 22.1. The fourth-order valence-corrected chi connectivity index (χ4v) is 7.48. The van der Waals surface area contributed by atoms with E-state index in [0.717, 1.165) is 50.5 Å². The standard InChI is InChI=1S/C43H31NO/c1-43(2)38-21-11-10-19-34(38)35-26-24-30(27-39(35)43)44(29-14-4-3-5-15-29)40-22-12-20-36-32-17-8-9-18-33(32)37-25-23-28-13-6-7-16-31(28)41(37)45-42(36)40/h3-27H,1-2H3. The van der Waals surface area contributed by atoms with E-state index in [0.29, 0.717) is 0 Å². The molecule has 0 saturated carbocycles. The van der Waals surface area contributed by atoms with E-state index in [9.17, 15) is 0 Å². The first-order valence-electron chi connectivity index (χ1n) is 15.6. The summed E-state index contributed by atoms with van der Waals surface area (Å²) in [5.41, 5.74) is 13.0. The Morgan fingerprint density at radius 1 is 0.444 bits per heavy atom. The Morgan fingerprint density at radius 2 is 1.07 bits per heavy atom. The Bertz CT molecular complexity index is 2280. The van der Waals surface area contributed by atoms with Gasteiger partial charge in [0.25, 0.3) is 0 Å². The van der Waals surface area contributed by atoms with Crippen LogP contribution < -0.4 is 9.64 Å². The SMILES string of the molecule is CC1(C)c2ccccc2-c2ccc(N(c3ccccc3)c3cccc4c3Oc3c(ccc5ccccc35)-c3ccccc3-4)cc21. The summed E-state index contributed by atoms with van der Waals surface area (Å²) in [4.78, 5) is 2.36. The summed E-state index contributed by atoms with van der Waals surface area (Å²) in [7, 11) is 0. The van der Waals surface area contributed by atoms with Crippen molar-refractivity contribution in [3.63, 3.8) is 0 Å². The molecule has 2 nitrogen and oxygen atoms in total. The molecule has 1 aliphatic heterocycles. The molecule has 0 amide bonds. The smallest absolute Gasteiger partial charge is 0.159 e. The van der Waals surface area contributed by atoms with Gasteiger partial charge in [0.1, 0.15) is 5.75 Å². The van der Waals surface area contributed by atoms with Crippen molar-refractivity contribution >= 4 is 27.8 Å². The summed E-state index contributed by atoms with van der Waals surface area (Å²) >= 11 is 0. The fourth-order valence-electron chi connectivity index (χ4n) is 7.48. The second-order valence-corrected chi connectivity index (χ2v) is 12.5. The summed E-state index contributed by atoms with van der Waals surface area (Å²) in [5.74, 6) is 1.75. The predicted octanol–water partition coefficient (Wildman–Crippen LogP) is 12.1. The van der Waals surface area contributed by atoms with Gasteiger partial charge in [0.05, 0.1) is 5.69 Å². The van der Waals surface area contributed by atoms with Crippen molar-refractivity contribution in [2.45, 2.75) is 19.3 Å². The Balaban J connectivity index is 1.31. The Kier molecular flexibility index (Phi) is 5.58. The summed E-state index contributed by atoms with van der Waals surface area (Å²) < 4.78 is 7.20. The molecule has 0 aromatic heterocycles. The lowest BCUT2D eigenvalue weighted by atomic mass is 9.82. The number of anilines is 3. The van der Waals surface area contributed by atoms with Gasteiger partial charge in [0, 0.05) is 33.3 Å². The first kappa shape index (κ1) is 25.9. The highest BCUT2D eigenvalue weighted by atomic mass is 16.5. The van der Waals surface area contributed by atoms with E-state index >= 15 is 0 Å². The fraction of sp³-hybridized carbons (Fsp3) is 0.0698. The molecule has 9 rings (SSSR count). The molecule has 0 unspecified atom stereocenters. The largest absolute Gasteiger partial charge is 0.453 e. The summed E-state index contributed by atoms with van der Waals surface area (Å²) in [6, 6.07) is 54.5. The maximum atomic E-state index is 7.20. The van der Waals surface area contributed by atoms with Crippen molar-refractivity contribution in [3.05, 3.63) is 163 Å². The van der Waals surface area contributed by atoms with Crippen LogP contribution in [-0.2, 0) is 5.41 Å². The molecule has 0 bridgehead atoms. The van der Waals surface area contributed by atoms with Gasteiger partial charge in [-0.15, -0.1) is 0 Å². The minimum Gasteiger partial charge on any atom is -0.453 e. The van der Waals surface area contributed by atoms with Crippen LogP contribution in [0.4, 0.5) is 17.1 Å². The number of hydrogen-bond donors (Lipinski definition) is 0. The van der Waals surface area contributed by atoms with Gasteiger partial charge in [-0.3, -0.25) is 0 Å². The number of rotatable bonds is 3. The lowest BCUT2D eigenvalue weighted by molar-refractivity contribution is 0.494. The topological polar surface area (TPSA) is 12.5 Å². The lowest BCUT2D eigenvalue weighted by Gasteiger charge is -2.30. The maximum Gasteiger partial charge on any atom is 0.159 e. The lowest BCUT2D eigenvalue weighted by Crippen LogP contribution is -2.16. The number of ether oxygens (including phenoxy) is 1. The van der Waals surface area contributed by atoms with Gasteiger partial charge in [-0.05, 0) is 75.2 Å². The molecule has 214 valence electrons. The van der Waals surface area contributed by atoms with Crippen molar-refractivity contribution in [2.24, 2.45) is 0 Å². The minimum atomic E-state index is -0.106. The van der Waals surface area contributed by atoms with Crippen LogP contribution in [0.2, 0.25) is 0 Å². The quantitative estimate of drug-likeness (QED) is 0.207. The van der Waals surface area contributed by atoms with Crippen molar-refractivity contribution in [3.8, 4) is 44.9 Å². The average Bonchev–Trinajstić information content (AvgIpc) is 3.21. The second-order valence-electron chi connectivity index (χ2n) is 12.5. The molecule has 45 heavy (non-hydrogen) atoms. The van der Waals surface area contributed by atoms with Crippen molar-refractivity contribution < 1.29 is 4.74 Å². The molecule has 2 heteroatoms. The number of nitrogens with zero attached hydrogens (tertiary/aromatic N) is 1. The zero-order valence-corrected chi connectivity index (χ0v) is 25.3. The van der Waals surface area contributed by atoms with Crippen LogP contribution in [0.5, 0.6) is 11.5 Å². The molecule has 0 fully saturated rings. The van der Waals surface area contributed by atoms with Crippen LogP contribution in [-0.4, -0.2) is 0 Å². The number of para-hydroxylation sites is 2. The van der Waals surface area contributed by atoms with Crippen LogP contribution in [0.15, 0.2) is 152 Å². The zero-order chi connectivity index (χ0) is 30.1. The van der Waals surface area contributed by atoms with Gasteiger partial charge < -0.3 is 9.64 Å². The van der Waals surface area contributed by atoms with Gasteiger partial charge in [-0.25, -0.2) is 0 Å². The van der Waals surface area contributed by atoms with Crippen LogP contribution in [0.1, 0.15) is 25.0 Å². The van der Waals surface area contributed by atoms with Gasteiger partial charge in [-0.2, -0.15) is 0 Å². The molecule has 2 aliphatic rings. The third-order valence-electron chi connectivity index (χ3n) is 9.67. The van der Waals surface area contributed by atoms with Crippen molar-refractivity contribution in [2.75, 3.05) is 4.90 Å². The summed E-state index contributed by atoms with van der Waals surface area (Å²) in [6.07, 6.45) is 0. The average molecular weight is 578 g/mol. The summed E-state index contributed by atoms with van der Waals surface area (Å²) in [6.45, 7) is 4.68. The number of hydrogen-bond acceptors (Lipinski definition) is 2. The third-order valence-corrected chi connectivity index (χ3v) is 9.67. The Hall–Kier alpha value is -5.60. The van der Waals surface area contributed by atoms with Crippen LogP contribution in [0.3, 0.4) is 0 Å². The van der Waals surface area contributed by atoms with E-state index in [1.165, 1.54) is 33.4 Å². The minimum absolute atomic E-state index is 0.106. The van der Waals surface area contributed by atoms with E-state index in [-0.39, 0.29) is 5.41 Å². The normalized spacial score (nSPS) is 13.5. The molecule has 7 aromatic rings. The van der Waals surface area contributed by atoms with Crippen molar-refractivity contribution in [1.82, 2.24) is 0 Å². The van der Waals surface area contributed by atoms with Gasteiger partial charge in [-0.1, -0.05) is 129 Å². The zero-order valence-electron chi connectivity index (χ0n) is 25.3. The van der Waals surface area contributed by atoms with E-state index in [4.69, 9.17) is 4.74 Å². The molecule has 7 aromatic carbocycles. The first-order valence-corrected chi connectivity index (χ1v) is 15.6. The molecule has 0 N–H and O–H groups in total. The highest BCUT2D eigenvalue weighted by Crippen LogP contribution is 2.55. The van der Waals surface area contributed by atoms with Crippen LogP contribution in [0, 0.1) is 0 Å². The Labute approximate surface area is 263 Å². The number of benzene rings is 7. The van der Waals surface area contributed by atoms with Gasteiger partial charge in [0.15, 0.2) is 5.75 Å². The van der Waals surface area contributed by atoms with Gasteiger partial charge >= 0.3 is 0 Å². The van der Waals surface area contributed by atoms with E-state index in [1.54, 1.807) is 0 Å². The van der Waals surface area contributed by atoms with E-state index in [1.807, 2.05) is 0 Å². The molecular formula is C43H31NO. The maximum absolute atomic E-state index is 7.20. The molecule has 0 atom stereocenters. The van der Waals surface area contributed by atoms with Gasteiger partial charge in [0.2, 0.25) is 0 Å². The molecule has 1 aliphatic carbocycles. The van der Waals surface area contributed by atoms with E-state index < -0.39 is 0 Å². The van der Waals surface area contributed by atoms with Crippen molar-refractivity contribution in [1.29, 1.82) is 0 Å². The Morgan fingerprint density at radius 3 is 1.89 bits per heavy atom.